The molecule has 0 saturated carbocycles. The van der Waals surface area contributed by atoms with Crippen molar-refractivity contribution in [3.05, 3.63) is 23.5 Å². The third kappa shape index (κ3) is 5.96. The van der Waals surface area contributed by atoms with E-state index in [-0.39, 0.29) is 10.8 Å². The predicted octanol–water partition coefficient (Wildman–Crippen LogP) is 3.54. The van der Waals surface area contributed by atoms with Gasteiger partial charge in [0.25, 0.3) is 5.92 Å². The number of ether oxygens (including phenoxy) is 1. The van der Waals surface area contributed by atoms with E-state index in [1.165, 1.54) is 6.20 Å². The number of hydrogen-bond acceptors (Lipinski definition) is 3. The molecular weight excluding hydrogens is 310 g/mol. The lowest BCUT2D eigenvalue weighted by Gasteiger charge is -2.22. The van der Waals surface area contributed by atoms with Crippen LogP contribution in [0.1, 0.15) is 51.9 Å². The molecule has 1 rings (SSSR count). The molecule has 2 atom stereocenters. The first kappa shape index (κ1) is 19.0. The first-order valence-corrected chi connectivity index (χ1v) is 8.20. The van der Waals surface area contributed by atoms with E-state index in [1.807, 2.05) is 27.7 Å². The van der Waals surface area contributed by atoms with Crippen LogP contribution >= 0.6 is 0 Å². The summed E-state index contributed by atoms with van der Waals surface area (Å²) in [6.07, 6.45) is 1.43. The SMILES string of the molecule is Cc1cc([C@@H](C)NS(=O)C(C)(C)C)ncc1OCC(C)(F)F. The monoisotopic (exact) mass is 334 g/mol. The van der Waals surface area contributed by atoms with Gasteiger partial charge in [0, 0.05) is 6.92 Å². The molecule has 1 unspecified atom stereocenters. The van der Waals surface area contributed by atoms with Crippen molar-refractivity contribution < 1.29 is 17.7 Å². The van der Waals surface area contributed by atoms with Gasteiger partial charge in [-0.1, -0.05) is 0 Å². The predicted molar refractivity (Wildman–Crippen MR) is 84.5 cm³/mol. The maximum Gasteiger partial charge on any atom is 0.278 e. The van der Waals surface area contributed by atoms with Gasteiger partial charge in [0.1, 0.15) is 5.75 Å². The van der Waals surface area contributed by atoms with Crippen LogP contribution in [0.25, 0.3) is 0 Å². The van der Waals surface area contributed by atoms with Crippen LogP contribution in [0.5, 0.6) is 5.75 Å². The van der Waals surface area contributed by atoms with E-state index in [9.17, 15) is 13.0 Å². The van der Waals surface area contributed by atoms with Crippen LogP contribution in [0.4, 0.5) is 8.78 Å². The number of aryl methyl sites for hydroxylation is 1. The van der Waals surface area contributed by atoms with Crippen LogP contribution in [-0.2, 0) is 11.0 Å². The van der Waals surface area contributed by atoms with Crippen molar-refractivity contribution in [1.82, 2.24) is 9.71 Å². The highest BCUT2D eigenvalue weighted by molar-refractivity contribution is 7.84. The normalized spacial score (nSPS) is 15.5. The minimum absolute atomic E-state index is 0.222. The lowest BCUT2D eigenvalue weighted by atomic mass is 10.1. The Hall–Kier alpha value is -1.08. The Kier molecular flexibility index (Phi) is 6.03. The van der Waals surface area contributed by atoms with E-state index < -0.39 is 23.5 Å². The minimum atomic E-state index is -2.89. The van der Waals surface area contributed by atoms with E-state index >= 15 is 0 Å². The number of rotatable bonds is 6. The number of nitrogens with zero attached hydrogens (tertiary/aromatic N) is 1. The van der Waals surface area contributed by atoms with Crippen molar-refractivity contribution in [2.45, 2.75) is 58.3 Å². The lowest BCUT2D eigenvalue weighted by Crippen LogP contribution is -2.35. The molecule has 126 valence electrons. The second kappa shape index (κ2) is 7.00. The van der Waals surface area contributed by atoms with E-state index in [1.54, 1.807) is 13.0 Å². The van der Waals surface area contributed by atoms with Gasteiger partial charge in [-0.2, -0.15) is 0 Å². The van der Waals surface area contributed by atoms with Crippen LogP contribution in [0.2, 0.25) is 0 Å². The van der Waals surface area contributed by atoms with Gasteiger partial charge < -0.3 is 4.74 Å². The third-order valence-electron chi connectivity index (χ3n) is 2.85. The Labute approximate surface area is 133 Å². The number of alkyl halides is 2. The second-order valence-electron chi connectivity index (χ2n) is 6.45. The molecule has 0 bridgehead atoms. The highest BCUT2D eigenvalue weighted by atomic mass is 32.2. The third-order valence-corrected chi connectivity index (χ3v) is 4.53. The van der Waals surface area contributed by atoms with Gasteiger partial charge in [-0.15, -0.1) is 0 Å². The summed E-state index contributed by atoms with van der Waals surface area (Å²) in [6.45, 7) is 9.37. The number of pyridine rings is 1. The Bertz CT molecular complexity index is 539. The lowest BCUT2D eigenvalue weighted by molar-refractivity contribution is -0.0232. The Morgan fingerprint density at radius 2 is 1.95 bits per heavy atom. The minimum Gasteiger partial charge on any atom is -0.485 e. The molecule has 0 radical (unpaired) electrons. The summed E-state index contributed by atoms with van der Waals surface area (Å²) in [4.78, 5) is 4.21. The zero-order valence-electron chi connectivity index (χ0n) is 13.9. The molecule has 0 spiro atoms. The molecule has 0 aromatic carbocycles. The molecule has 0 amide bonds. The zero-order chi connectivity index (χ0) is 17.1. The zero-order valence-corrected chi connectivity index (χ0v) is 14.7. The summed E-state index contributed by atoms with van der Waals surface area (Å²) < 4.78 is 45.4. The second-order valence-corrected chi connectivity index (χ2v) is 8.45. The average molecular weight is 334 g/mol. The molecule has 4 nitrogen and oxygen atoms in total. The largest absolute Gasteiger partial charge is 0.485 e. The van der Waals surface area contributed by atoms with E-state index in [0.717, 1.165) is 6.92 Å². The summed E-state index contributed by atoms with van der Waals surface area (Å²) in [5.41, 5.74) is 1.40. The van der Waals surface area contributed by atoms with E-state index in [4.69, 9.17) is 4.74 Å². The highest BCUT2D eigenvalue weighted by Gasteiger charge is 2.24. The molecule has 22 heavy (non-hydrogen) atoms. The average Bonchev–Trinajstić information content (AvgIpc) is 2.34. The van der Waals surface area contributed by atoms with Crippen LogP contribution in [0.15, 0.2) is 12.3 Å². The molecule has 0 fully saturated rings. The van der Waals surface area contributed by atoms with Gasteiger partial charge in [0.15, 0.2) is 6.61 Å². The standard InChI is InChI=1S/C15H24F2N2O2S/c1-10-7-12(11(2)19-22(20)14(3,4)5)18-8-13(10)21-9-15(6,16)17/h7-8,11,19H,9H2,1-6H3/t11-,22?/m1/s1. The summed E-state index contributed by atoms with van der Waals surface area (Å²) in [7, 11) is -1.22. The van der Waals surface area contributed by atoms with Crippen LogP contribution in [0, 0.1) is 6.92 Å². The Morgan fingerprint density at radius 1 is 1.36 bits per heavy atom. The maximum atomic E-state index is 12.8. The molecule has 0 aliphatic rings. The van der Waals surface area contributed by atoms with Gasteiger partial charge in [0.05, 0.1) is 33.7 Å². The fourth-order valence-corrected chi connectivity index (χ4v) is 2.35. The van der Waals surface area contributed by atoms with Gasteiger partial charge in [0.2, 0.25) is 0 Å². The molecule has 1 aromatic rings. The molecule has 0 aliphatic heterocycles. The quantitative estimate of drug-likeness (QED) is 0.866. The molecule has 0 saturated heterocycles. The van der Waals surface area contributed by atoms with Gasteiger partial charge in [-0.3, -0.25) is 4.98 Å². The van der Waals surface area contributed by atoms with Gasteiger partial charge in [-0.25, -0.2) is 17.7 Å². The van der Waals surface area contributed by atoms with Crippen molar-refractivity contribution >= 4 is 11.0 Å². The van der Waals surface area contributed by atoms with Gasteiger partial charge >= 0.3 is 0 Å². The van der Waals surface area contributed by atoms with Crippen LogP contribution in [-0.4, -0.2) is 26.5 Å². The Morgan fingerprint density at radius 3 is 2.41 bits per heavy atom. The van der Waals surface area contributed by atoms with Crippen molar-refractivity contribution in [1.29, 1.82) is 0 Å². The summed E-state index contributed by atoms with van der Waals surface area (Å²) in [5, 5.41) is 0. The van der Waals surface area contributed by atoms with Crippen LogP contribution < -0.4 is 9.46 Å². The molecule has 1 aromatic heterocycles. The van der Waals surface area contributed by atoms with Gasteiger partial charge in [-0.05, 0) is 46.2 Å². The summed E-state index contributed by atoms with van der Waals surface area (Å²) >= 11 is 0. The van der Waals surface area contributed by atoms with Crippen molar-refractivity contribution in [2.75, 3.05) is 6.61 Å². The molecule has 7 heteroatoms. The highest BCUT2D eigenvalue weighted by Crippen LogP contribution is 2.23. The number of hydrogen-bond donors (Lipinski definition) is 1. The first-order chi connectivity index (χ1) is 9.90. The van der Waals surface area contributed by atoms with Crippen molar-refractivity contribution in [2.24, 2.45) is 0 Å². The molecular formula is C15H24F2N2O2S. The summed E-state index contributed by atoms with van der Waals surface area (Å²) in [6, 6.07) is 1.53. The van der Waals surface area contributed by atoms with Crippen LogP contribution in [0.3, 0.4) is 0 Å². The van der Waals surface area contributed by atoms with E-state index in [2.05, 4.69) is 9.71 Å². The maximum absolute atomic E-state index is 12.8. The molecule has 1 heterocycles. The first-order valence-electron chi connectivity index (χ1n) is 7.05. The molecule has 0 aliphatic carbocycles. The smallest absolute Gasteiger partial charge is 0.278 e. The van der Waals surface area contributed by atoms with Crippen molar-refractivity contribution in [3.63, 3.8) is 0 Å². The Balaban J connectivity index is 2.78. The topological polar surface area (TPSA) is 51.2 Å². The summed E-state index contributed by atoms with van der Waals surface area (Å²) in [5.74, 6) is -2.56. The number of aromatic nitrogens is 1. The fraction of sp³-hybridized carbons (Fsp3) is 0.667. The van der Waals surface area contributed by atoms with E-state index in [0.29, 0.717) is 17.0 Å². The molecule has 1 N–H and O–H groups in total. The number of nitrogens with one attached hydrogen (secondary N) is 1. The fourth-order valence-electron chi connectivity index (χ4n) is 1.56. The number of halogens is 2. The van der Waals surface area contributed by atoms with Crippen molar-refractivity contribution in [3.8, 4) is 5.75 Å².